The van der Waals surface area contributed by atoms with E-state index in [4.69, 9.17) is 5.73 Å². The molecule has 2 saturated heterocycles. The summed E-state index contributed by atoms with van der Waals surface area (Å²) in [6.07, 6.45) is 9.19. The average Bonchev–Trinajstić information content (AvgIpc) is 3.14. The molecule has 1 amide bonds. The van der Waals surface area contributed by atoms with Gasteiger partial charge in [-0.1, -0.05) is 6.42 Å². The van der Waals surface area contributed by atoms with Gasteiger partial charge in [0.1, 0.15) is 0 Å². The lowest BCUT2D eigenvalue weighted by atomic mass is 9.99. The number of nitrogens with zero attached hydrogens (tertiary/aromatic N) is 2. The number of nitrogens with two attached hydrogens (primary N) is 1. The highest BCUT2D eigenvalue weighted by Crippen LogP contribution is 2.29. The van der Waals surface area contributed by atoms with Crippen molar-refractivity contribution in [2.24, 2.45) is 11.7 Å². The largest absolute Gasteiger partial charge is 0.338 e. The van der Waals surface area contributed by atoms with Gasteiger partial charge in [-0.25, -0.2) is 0 Å². The summed E-state index contributed by atoms with van der Waals surface area (Å²) in [5, 5.41) is 0. The van der Waals surface area contributed by atoms with Gasteiger partial charge in [0.05, 0.1) is 0 Å². The molecule has 2 heterocycles. The highest BCUT2D eigenvalue weighted by Gasteiger charge is 2.33. The molecule has 3 atom stereocenters. The number of likely N-dealkylation sites (tertiary alicyclic amines) is 2. The molecule has 4 heteroatoms. The minimum Gasteiger partial charge on any atom is -0.338 e. The van der Waals surface area contributed by atoms with E-state index in [0.717, 1.165) is 25.9 Å². The second-order valence-corrected chi connectivity index (χ2v) is 6.95. The van der Waals surface area contributed by atoms with Crippen LogP contribution in [0.5, 0.6) is 0 Å². The van der Waals surface area contributed by atoms with Gasteiger partial charge in [0.25, 0.3) is 0 Å². The fourth-order valence-electron chi connectivity index (χ4n) is 4.28. The molecule has 4 nitrogen and oxygen atoms in total. The predicted octanol–water partition coefficient (Wildman–Crippen LogP) is 1.59. The molecule has 0 spiro atoms. The molecule has 0 bridgehead atoms. The van der Waals surface area contributed by atoms with Gasteiger partial charge in [0, 0.05) is 31.6 Å². The van der Waals surface area contributed by atoms with Crippen LogP contribution in [-0.4, -0.2) is 54.0 Å². The van der Waals surface area contributed by atoms with Gasteiger partial charge in [-0.05, 0) is 57.5 Å². The van der Waals surface area contributed by atoms with Crippen molar-refractivity contribution in [2.75, 3.05) is 26.2 Å². The lowest BCUT2D eigenvalue weighted by Crippen LogP contribution is -2.43. The highest BCUT2D eigenvalue weighted by atomic mass is 16.2. The Morgan fingerprint density at radius 3 is 2.50 bits per heavy atom. The van der Waals surface area contributed by atoms with Crippen LogP contribution in [-0.2, 0) is 4.79 Å². The lowest BCUT2D eigenvalue weighted by molar-refractivity contribution is -0.133. The first-order valence-corrected chi connectivity index (χ1v) is 8.51. The van der Waals surface area contributed by atoms with E-state index < -0.39 is 0 Å². The Bertz CT molecular complexity index is 341. The first-order valence-electron chi connectivity index (χ1n) is 8.51. The van der Waals surface area contributed by atoms with Gasteiger partial charge in [0.15, 0.2) is 0 Å². The lowest BCUT2D eigenvalue weighted by Gasteiger charge is -2.29. The molecule has 1 unspecified atom stereocenters. The maximum absolute atomic E-state index is 12.6. The van der Waals surface area contributed by atoms with Crippen molar-refractivity contribution in [1.82, 2.24) is 9.80 Å². The summed E-state index contributed by atoms with van der Waals surface area (Å²) in [5.41, 5.74) is 6.11. The third-order valence-corrected chi connectivity index (χ3v) is 5.52. The van der Waals surface area contributed by atoms with Crippen molar-refractivity contribution in [2.45, 2.75) is 63.5 Å². The molecule has 1 saturated carbocycles. The maximum atomic E-state index is 12.6. The Balaban J connectivity index is 1.52. The molecular formula is C16H29N3O. The van der Waals surface area contributed by atoms with E-state index in [0.29, 0.717) is 24.3 Å². The molecule has 2 aliphatic heterocycles. The fourth-order valence-corrected chi connectivity index (χ4v) is 4.28. The molecule has 2 N–H and O–H groups in total. The second kappa shape index (κ2) is 6.44. The Hall–Kier alpha value is -0.610. The van der Waals surface area contributed by atoms with E-state index in [1.807, 2.05) is 0 Å². The Morgan fingerprint density at radius 1 is 1.00 bits per heavy atom. The Labute approximate surface area is 122 Å². The van der Waals surface area contributed by atoms with Crippen LogP contribution in [0.3, 0.4) is 0 Å². The number of rotatable bonds is 4. The molecule has 3 fully saturated rings. The SMILES string of the molecule is N[C@@H]1CCC[C@H]1CC(=O)N1CCCC1CN1CCCC1. The normalized spacial score (nSPS) is 35.0. The van der Waals surface area contributed by atoms with Gasteiger partial charge < -0.3 is 15.5 Å². The summed E-state index contributed by atoms with van der Waals surface area (Å²) < 4.78 is 0. The smallest absolute Gasteiger partial charge is 0.223 e. The molecule has 20 heavy (non-hydrogen) atoms. The molecule has 0 aromatic carbocycles. The molecular weight excluding hydrogens is 250 g/mol. The Kier molecular flexibility index (Phi) is 4.61. The summed E-state index contributed by atoms with van der Waals surface area (Å²) in [6, 6.07) is 0.733. The summed E-state index contributed by atoms with van der Waals surface area (Å²) in [6.45, 7) is 4.53. The zero-order chi connectivity index (χ0) is 13.9. The van der Waals surface area contributed by atoms with Crippen LogP contribution >= 0.6 is 0 Å². The third kappa shape index (κ3) is 3.17. The van der Waals surface area contributed by atoms with E-state index in [2.05, 4.69) is 9.80 Å². The predicted molar refractivity (Wildman–Crippen MR) is 80.3 cm³/mol. The monoisotopic (exact) mass is 279 g/mol. The highest BCUT2D eigenvalue weighted by molar-refractivity contribution is 5.77. The van der Waals surface area contributed by atoms with Crippen LogP contribution in [0, 0.1) is 5.92 Å². The van der Waals surface area contributed by atoms with Crippen LogP contribution < -0.4 is 5.73 Å². The molecule has 3 aliphatic rings. The van der Waals surface area contributed by atoms with Crippen molar-refractivity contribution in [3.8, 4) is 0 Å². The van der Waals surface area contributed by atoms with Crippen LogP contribution in [0.1, 0.15) is 51.4 Å². The van der Waals surface area contributed by atoms with Crippen molar-refractivity contribution in [3.63, 3.8) is 0 Å². The summed E-state index contributed by atoms with van der Waals surface area (Å²) in [5.74, 6) is 0.810. The van der Waals surface area contributed by atoms with Crippen molar-refractivity contribution in [1.29, 1.82) is 0 Å². The number of amides is 1. The van der Waals surface area contributed by atoms with Gasteiger partial charge >= 0.3 is 0 Å². The number of hydrogen-bond acceptors (Lipinski definition) is 3. The van der Waals surface area contributed by atoms with Crippen molar-refractivity contribution >= 4 is 5.91 Å². The number of carbonyl (C=O) groups is 1. The van der Waals surface area contributed by atoms with E-state index in [9.17, 15) is 4.79 Å². The van der Waals surface area contributed by atoms with Crippen molar-refractivity contribution in [3.05, 3.63) is 0 Å². The van der Waals surface area contributed by atoms with E-state index in [1.165, 1.54) is 45.2 Å². The standard InChI is InChI=1S/C16H29N3O/c17-15-7-3-5-13(15)11-16(20)19-10-4-6-14(19)12-18-8-1-2-9-18/h13-15H,1-12,17H2/t13-,14?,15+/m0/s1. The fraction of sp³-hybridized carbons (Fsp3) is 0.938. The summed E-state index contributed by atoms with van der Waals surface area (Å²) in [7, 11) is 0. The van der Waals surface area contributed by atoms with Crippen LogP contribution in [0.2, 0.25) is 0 Å². The maximum Gasteiger partial charge on any atom is 0.223 e. The molecule has 0 radical (unpaired) electrons. The molecule has 3 rings (SSSR count). The average molecular weight is 279 g/mol. The van der Waals surface area contributed by atoms with E-state index >= 15 is 0 Å². The summed E-state index contributed by atoms with van der Waals surface area (Å²) >= 11 is 0. The quantitative estimate of drug-likeness (QED) is 0.850. The van der Waals surface area contributed by atoms with Gasteiger partial charge in [-0.15, -0.1) is 0 Å². The molecule has 0 aromatic rings. The first-order chi connectivity index (χ1) is 9.74. The van der Waals surface area contributed by atoms with Crippen LogP contribution in [0.15, 0.2) is 0 Å². The minimum absolute atomic E-state index is 0.263. The first kappa shape index (κ1) is 14.3. The van der Waals surface area contributed by atoms with E-state index in [-0.39, 0.29) is 6.04 Å². The third-order valence-electron chi connectivity index (χ3n) is 5.52. The Morgan fingerprint density at radius 2 is 1.80 bits per heavy atom. The zero-order valence-corrected chi connectivity index (χ0v) is 12.6. The van der Waals surface area contributed by atoms with Gasteiger partial charge in [0.2, 0.25) is 5.91 Å². The van der Waals surface area contributed by atoms with E-state index in [1.54, 1.807) is 0 Å². The zero-order valence-electron chi connectivity index (χ0n) is 12.6. The summed E-state index contributed by atoms with van der Waals surface area (Å²) in [4.78, 5) is 17.3. The second-order valence-electron chi connectivity index (χ2n) is 6.95. The minimum atomic E-state index is 0.263. The molecule has 114 valence electrons. The van der Waals surface area contributed by atoms with Crippen LogP contribution in [0.25, 0.3) is 0 Å². The van der Waals surface area contributed by atoms with Gasteiger partial charge in [-0.3, -0.25) is 4.79 Å². The van der Waals surface area contributed by atoms with Crippen molar-refractivity contribution < 1.29 is 4.79 Å². The van der Waals surface area contributed by atoms with Crippen LogP contribution in [0.4, 0.5) is 0 Å². The number of carbonyl (C=O) groups excluding carboxylic acids is 1. The van der Waals surface area contributed by atoms with Gasteiger partial charge in [-0.2, -0.15) is 0 Å². The molecule has 1 aliphatic carbocycles. The number of hydrogen-bond donors (Lipinski definition) is 1. The topological polar surface area (TPSA) is 49.6 Å². The molecule has 0 aromatic heterocycles.